The number of hydrogen-bond donors (Lipinski definition) is 2. The standard InChI is InChI=1S/C20H20N2/c1-5-15-7-11-17(12-8-15)19(21-3)20(22-4)18-13-9-16(6-2)10-14-18/h1-2,7-14,19-22H,3-4H3. The third-order valence-electron chi connectivity index (χ3n) is 3.83. The second-order valence-corrected chi connectivity index (χ2v) is 5.07. The molecule has 0 saturated heterocycles. The molecule has 0 aliphatic carbocycles. The molecule has 110 valence electrons. The van der Waals surface area contributed by atoms with Gasteiger partial charge in [0.2, 0.25) is 0 Å². The van der Waals surface area contributed by atoms with Crippen molar-refractivity contribution < 1.29 is 0 Å². The second-order valence-electron chi connectivity index (χ2n) is 5.07. The number of rotatable bonds is 5. The zero-order valence-electron chi connectivity index (χ0n) is 12.9. The van der Waals surface area contributed by atoms with Gasteiger partial charge >= 0.3 is 0 Å². The smallest absolute Gasteiger partial charge is 0.0515 e. The zero-order valence-corrected chi connectivity index (χ0v) is 12.9. The van der Waals surface area contributed by atoms with E-state index in [1.54, 1.807) is 0 Å². The molecule has 0 amide bonds. The molecule has 22 heavy (non-hydrogen) atoms. The minimum absolute atomic E-state index is 0.133. The van der Waals surface area contributed by atoms with Crippen LogP contribution in [0.1, 0.15) is 34.3 Å². The molecule has 0 bridgehead atoms. The SMILES string of the molecule is C#Cc1ccc(C(NC)C(NC)c2ccc(C#C)cc2)cc1. The first kappa shape index (κ1) is 15.9. The van der Waals surface area contributed by atoms with Gasteiger partial charge in [-0.25, -0.2) is 0 Å². The summed E-state index contributed by atoms with van der Waals surface area (Å²) in [5.41, 5.74) is 4.14. The Bertz CT molecular complexity index is 621. The van der Waals surface area contributed by atoms with E-state index in [2.05, 4.69) is 46.7 Å². The van der Waals surface area contributed by atoms with Crippen molar-refractivity contribution in [2.24, 2.45) is 0 Å². The fraction of sp³-hybridized carbons (Fsp3) is 0.200. The highest BCUT2D eigenvalue weighted by Crippen LogP contribution is 2.28. The van der Waals surface area contributed by atoms with Crippen molar-refractivity contribution in [2.45, 2.75) is 12.1 Å². The summed E-state index contributed by atoms with van der Waals surface area (Å²) in [6.07, 6.45) is 10.8. The van der Waals surface area contributed by atoms with Gasteiger partial charge in [0, 0.05) is 11.1 Å². The van der Waals surface area contributed by atoms with Crippen LogP contribution < -0.4 is 10.6 Å². The van der Waals surface area contributed by atoms with Crippen LogP contribution in [0.2, 0.25) is 0 Å². The Morgan fingerprint density at radius 2 is 1.00 bits per heavy atom. The van der Waals surface area contributed by atoms with Crippen LogP contribution in [0.5, 0.6) is 0 Å². The molecule has 0 aliphatic rings. The minimum atomic E-state index is 0.133. The van der Waals surface area contributed by atoms with Crippen molar-refractivity contribution in [1.29, 1.82) is 0 Å². The monoisotopic (exact) mass is 288 g/mol. The maximum atomic E-state index is 5.42. The lowest BCUT2D eigenvalue weighted by Crippen LogP contribution is -2.31. The highest BCUT2D eigenvalue weighted by atomic mass is 15.0. The van der Waals surface area contributed by atoms with Crippen molar-refractivity contribution in [3.63, 3.8) is 0 Å². The Morgan fingerprint density at radius 3 is 1.23 bits per heavy atom. The topological polar surface area (TPSA) is 24.1 Å². The van der Waals surface area contributed by atoms with Crippen LogP contribution in [0.15, 0.2) is 48.5 Å². The van der Waals surface area contributed by atoms with Gasteiger partial charge in [0.05, 0.1) is 12.1 Å². The quantitative estimate of drug-likeness (QED) is 0.827. The molecule has 2 aromatic rings. The highest BCUT2D eigenvalue weighted by molar-refractivity contribution is 5.38. The summed E-state index contributed by atoms with van der Waals surface area (Å²) in [4.78, 5) is 0. The van der Waals surface area contributed by atoms with E-state index in [4.69, 9.17) is 12.8 Å². The van der Waals surface area contributed by atoms with Crippen molar-refractivity contribution in [1.82, 2.24) is 10.6 Å². The van der Waals surface area contributed by atoms with E-state index in [-0.39, 0.29) is 12.1 Å². The minimum Gasteiger partial charge on any atom is -0.311 e. The van der Waals surface area contributed by atoms with E-state index in [9.17, 15) is 0 Å². The Labute approximate surface area is 133 Å². The van der Waals surface area contributed by atoms with Gasteiger partial charge in [0.15, 0.2) is 0 Å². The van der Waals surface area contributed by atoms with Gasteiger partial charge in [-0.2, -0.15) is 0 Å². The summed E-state index contributed by atoms with van der Waals surface area (Å²) in [6, 6.07) is 16.4. The van der Waals surface area contributed by atoms with E-state index in [0.717, 1.165) is 11.1 Å². The molecular weight excluding hydrogens is 268 g/mol. The molecular formula is C20H20N2. The molecule has 0 radical (unpaired) electrons. The van der Waals surface area contributed by atoms with Gasteiger partial charge in [-0.05, 0) is 49.5 Å². The van der Waals surface area contributed by atoms with Gasteiger partial charge in [0.25, 0.3) is 0 Å². The van der Waals surface area contributed by atoms with Crippen LogP contribution in [-0.4, -0.2) is 14.1 Å². The third kappa shape index (κ3) is 3.38. The highest BCUT2D eigenvalue weighted by Gasteiger charge is 2.21. The second kappa shape index (κ2) is 7.48. The first-order chi connectivity index (χ1) is 10.7. The Kier molecular flexibility index (Phi) is 5.39. The predicted octanol–water partition coefficient (Wildman–Crippen LogP) is 2.87. The maximum absolute atomic E-state index is 5.42. The molecule has 2 heteroatoms. The molecule has 2 nitrogen and oxygen atoms in total. The Morgan fingerprint density at radius 1 is 0.682 bits per heavy atom. The van der Waals surface area contributed by atoms with Crippen LogP contribution in [0, 0.1) is 24.7 Å². The number of hydrogen-bond acceptors (Lipinski definition) is 2. The lowest BCUT2D eigenvalue weighted by atomic mass is 9.92. The van der Waals surface area contributed by atoms with Gasteiger partial charge in [-0.3, -0.25) is 0 Å². The number of terminal acetylenes is 2. The van der Waals surface area contributed by atoms with Crippen LogP contribution in [0.25, 0.3) is 0 Å². The first-order valence-electron chi connectivity index (χ1n) is 7.21. The molecule has 0 spiro atoms. The molecule has 0 heterocycles. The van der Waals surface area contributed by atoms with Gasteiger partial charge in [-0.15, -0.1) is 12.8 Å². The summed E-state index contributed by atoms with van der Waals surface area (Å²) >= 11 is 0. The van der Waals surface area contributed by atoms with Crippen molar-refractivity contribution in [3.8, 4) is 24.7 Å². The lowest BCUT2D eigenvalue weighted by molar-refractivity contribution is 0.432. The predicted molar refractivity (Wildman–Crippen MR) is 92.4 cm³/mol. The maximum Gasteiger partial charge on any atom is 0.0515 e. The molecule has 2 rings (SSSR count). The Hall–Kier alpha value is -2.52. The molecule has 0 fully saturated rings. The fourth-order valence-corrected chi connectivity index (χ4v) is 2.62. The number of benzene rings is 2. The van der Waals surface area contributed by atoms with Crippen LogP contribution in [0.3, 0.4) is 0 Å². The molecule has 0 aromatic heterocycles. The Balaban J connectivity index is 2.33. The summed E-state index contributed by atoms with van der Waals surface area (Å²) in [7, 11) is 3.92. The first-order valence-corrected chi connectivity index (χ1v) is 7.21. The van der Waals surface area contributed by atoms with E-state index in [0.29, 0.717) is 0 Å². The van der Waals surface area contributed by atoms with Crippen molar-refractivity contribution in [3.05, 3.63) is 70.8 Å². The van der Waals surface area contributed by atoms with E-state index >= 15 is 0 Å². The van der Waals surface area contributed by atoms with Crippen LogP contribution in [0.4, 0.5) is 0 Å². The third-order valence-corrected chi connectivity index (χ3v) is 3.83. The average Bonchev–Trinajstić information content (AvgIpc) is 2.60. The summed E-state index contributed by atoms with van der Waals surface area (Å²) in [5, 5.41) is 6.76. The lowest BCUT2D eigenvalue weighted by Gasteiger charge is -2.27. The van der Waals surface area contributed by atoms with Gasteiger partial charge in [0.1, 0.15) is 0 Å². The van der Waals surface area contributed by atoms with Crippen molar-refractivity contribution >= 4 is 0 Å². The molecule has 2 unspecified atom stereocenters. The molecule has 2 atom stereocenters. The van der Waals surface area contributed by atoms with E-state index < -0.39 is 0 Å². The van der Waals surface area contributed by atoms with Crippen molar-refractivity contribution in [2.75, 3.05) is 14.1 Å². The number of likely N-dealkylation sites (N-methyl/N-ethyl adjacent to an activating group) is 2. The summed E-state index contributed by atoms with van der Waals surface area (Å²) < 4.78 is 0. The molecule has 2 N–H and O–H groups in total. The average molecular weight is 288 g/mol. The van der Waals surface area contributed by atoms with E-state index in [1.807, 2.05) is 38.4 Å². The van der Waals surface area contributed by atoms with Gasteiger partial charge < -0.3 is 10.6 Å². The zero-order chi connectivity index (χ0) is 15.9. The van der Waals surface area contributed by atoms with Crippen LogP contribution >= 0.6 is 0 Å². The molecule has 0 saturated carbocycles. The number of nitrogens with one attached hydrogen (secondary N) is 2. The summed E-state index contributed by atoms with van der Waals surface area (Å²) in [5.74, 6) is 5.29. The normalized spacial score (nSPS) is 12.9. The molecule has 0 aliphatic heterocycles. The largest absolute Gasteiger partial charge is 0.311 e. The van der Waals surface area contributed by atoms with E-state index in [1.165, 1.54) is 11.1 Å². The van der Waals surface area contributed by atoms with Gasteiger partial charge in [-0.1, -0.05) is 36.1 Å². The molecule has 2 aromatic carbocycles. The van der Waals surface area contributed by atoms with Crippen LogP contribution in [-0.2, 0) is 0 Å². The fourth-order valence-electron chi connectivity index (χ4n) is 2.62. The summed E-state index contributed by atoms with van der Waals surface area (Å²) in [6.45, 7) is 0.